The largest absolute Gasteiger partial charge is 0.330 e. The molecule has 1 atom stereocenters. The molecule has 0 fully saturated rings. The van der Waals surface area contributed by atoms with E-state index in [2.05, 4.69) is 67.5 Å². The Morgan fingerprint density at radius 3 is 2.24 bits per heavy atom. The molecule has 0 aromatic heterocycles. The van der Waals surface area contributed by atoms with Crippen LogP contribution in [0.5, 0.6) is 0 Å². The van der Waals surface area contributed by atoms with E-state index in [4.69, 9.17) is 5.73 Å². The molecule has 17 heavy (non-hydrogen) atoms. The first-order valence-corrected chi connectivity index (χ1v) is 6.80. The van der Waals surface area contributed by atoms with Gasteiger partial charge in [-0.1, -0.05) is 61.0 Å². The van der Waals surface area contributed by atoms with E-state index in [9.17, 15) is 0 Å². The number of rotatable bonds is 4. The molecule has 1 nitrogen and oxygen atoms in total. The first-order valence-electron chi connectivity index (χ1n) is 6.01. The maximum Gasteiger partial charge on any atom is 0.0175 e. The molecule has 94 valence electrons. The average Bonchev–Trinajstić information content (AvgIpc) is 2.25. The Bertz CT molecular complexity index is 373. The highest BCUT2D eigenvalue weighted by Crippen LogP contribution is 2.38. The minimum atomic E-state index is 0.118. The molecule has 2 N–H and O–H groups in total. The van der Waals surface area contributed by atoms with E-state index in [0.29, 0.717) is 12.5 Å². The second-order valence-corrected chi connectivity index (χ2v) is 6.37. The van der Waals surface area contributed by atoms with Crippen LogP contribution < -0.4 is 5.73 Å². The standard InChI is InChI=1S/C15H22BrN/c1-11(15(2,3)4)14(9-10-17)12-5-7-13(16)8-6-12/h5-8,14H,1,9-10,17H2,2-4H3. The van der Waals surface area contributed by atoms with Gasteiger partial charge in [0.1, 0.15) is 0 Å². The zero-order valence-electron chi connectivity index (χ0n) is 11.0. The second kappa shape index (κ2) is 5.83. The van der Waals surface area contributed by atoms with E-state index in [1.165, 1.54) is 11.1 Å². The quantitative estimate of drug-likeness (QED) is 0.814. The molecule has 0 radical (unpaired) electrons. The molecule has 1 rings (SSSR count). The first-order chi connectivity index (χ1) is 7.86. The van der Waals surface area contributed by atoms with Crippen LogP contribution in [0.4, 0.5) is 0 Å². The zero-order valence-corrected chi connectivity index (χ0v) is 12.5. The van der Waals surface area contributed by atoms with Crippen LogP contribution in [0.2, 0.25) is 0 Å². The lowest BCUT2D eigenvalue weighted by Gasteiger charge is -2.30. The van der Waals surface area contributed by atoms with Crippen LogP contribution in [-0.2, 0) is 0 Å². The van der Waals surface area contributed by atoms with Crippen molar-refractivity contribution in [3.8, 4) is 0 Å². The summed E-state index contributed by atoms with van der Waals surface area (Å²) in [5.74, 6) is 0.355. The summed E-state index contributed by atoms with van der Waals surface area (Å²) in [6, 6.07) is 8.46. The fourth-order valence-electron chi connectivity index (χ4n) is 1.93. The van der Waals surface area contributed by atoms with E-state index in [1.54, 1.807) is 0 Å². The molecular formula is C15H22BrN. The third-order valence-corrected chi connectivity index (χ3v) is 3.64. The number of allylic oxidation sites excluding steroid dienone is 1. The maximum absolute atomic E-state index is 5.73. The molecular weight excluding hydrogens is 274 g/mol. The molecule has 0 bridgehead atoms. The van der Waals surface area contributed by atoms with Gasteiger partial charge in [-0.15, -0.1) is 0 Å². The van der Waals surface area contributed by atoms with Gasteiger partial charge in [0.15, 0.2) is 0 Å². The summed E-state index contributed by atoms with van der Waals surface area (Å²) >= 11 is 3.46. The summed E-state index contributed by atoms with van der Waals surface area (Å²) in [6.07, 6.45) is 0.956. The molecule has 0 heterocycles. The van der Waals surface area contributed by atoms with Crippen molar-refractivity contribution in [3.05, 3.63) is 46.5 Å². The van der Waals surface area contributed by atoms with Gasteiger partial charge in [-0.3, -0.25) is 0 Å². The predicted octanol–water partition coefficient (Wildman–Crippen LogP) is 4.48. The molecule has 0 amide bonds. The highest BCUT2D eigenvalue weighted by molar-refractivity contribution is 9.10. The molecule has 0 aliphatic carbocycles. The van der Waals surface area contributed by atoms with Crippen molar-refractivity contribution in [3.63, 3.8) is 0 Å². The van der Waals surface area contributed by atoms with Crippen LogP contribution in [0.15, 0.2) is 40.9 Å². The Morgan fingerprint density at radius 1 is 1.29 bits per heavy atom. The molecule has 0 spiro atoms. The van der Waals surface area contributed by atoms with Crippen molar-refractivity contribution in [2.75, 3.05) is 6.54 Å². The molecule has 1 aromatic carbocycles. The summed E-state index contributed by atoms with van der Waals surface area (Å²) in [4.78, 5) is 0. The minimum absolute atomic E-state index is 0.118. The van der Waals surface area contributed by atoms with Crippen molar-refractivity contribution in [1.29, 1.82) is 0 Å². The van der Waals surface area contributed by atoms with Crippen molar-refractivity contribution in [2.24, 2.45) is 11.1 Å². The van der Waals surface area contributed by atoms with E-state index in [-0.39, 0.29) is 5.41 Å². The first kappa shape index (κ1) is 14.5. The molecule has 0 aliphatic rings. The monoisotopic (exact) mass is 295 g/mol. The Labute approximate surface area is 113 Å². The van der Waals surface area contributed by atoms with Gasteiger partial charge in [0, 0.05) is 10.4 Å². The third kappa shape index (κ3) is 3.97. The van der Waals surface area contributed by atoms with Crippen molar-refractivity contribution in [2.45, 2.75) is 33.1 Å². The summed E-state index contributed by atoms with van der Waals surface area (Å²) in [6.45, 7) is 11.6. The Morgan fingerprint density at radius 2 is 1.82 bits per heavy atom. The summed E-state index contributed by atoms with van der Waals surface area (Å²) in [5.41, 5.74) is 8.40. The van der Waals surface area contributed by atoms with Crippen molar-refractivity contribution >= 4 is 15.9 Å². The van der Waals surface area contributed by atoms with E-state index < -0.39 is 0 Å². The average molecular weight is 296 g/mol. The molecule has 0 aliphatic heterocycles. The Balaban J connectivity index is 3.01. The fourth-order valence-corrected chi connectivity index (χ4v) is 2.19. The summed E-state index contributed by atoms with van der Waals surface area (Å²) in [5, 5.41) is 0. The molecule has 0 saturated heterocycles. The van der Waals surface area contributed by atoms with E-state index in [1.807, 2.05) is 0 Å². The van der Waals surface area contributed by atoms with Crippen molar-refractivity contribution in [1.82, 2.24) is 0 Å². The minimum Gasteiger partial charge on any atom is -0.330 e. The van der Waals surface area contributed by atoms with Gasteiger partial charge < -0.3 is 5.73 Å². The van der Waals surface area contributed by atoms with Gasteiger partial charge in [0.05, 0.1) is 0 Å². The number of hydrogen-bond acceptors (Lipinski definition) is 1. The van der Waals surface area contributed by atoms with Crippen LogP contribution in [0.3, 0.4) is 0 Å². The number of benzene rings is 1. The topological polar surface area (TPSA) is 26.0 Å². The van der Waals surface area contributed by atoms with Gasteiger partial charge in [-0.05, 0) is 36.1 Å². The van der Waals surface area contributed by atoms with Crippen LogP contribution >= 0.6 is 15.9 Å². The Hall–Kier alpha value is -0.600. The highest BCUT2D eigenvalue weighted by atomic mass is 79.9. The maximum atomic E-state index is 5.73. The lowest BCUT2D eigenvalue weighted by Crippen LogP contribution is -2.18. The smallest absolute Gasteiger partial charge is 0.0175 e. The normalized spacial score (nSPS) is 13.5. The molecule has 1 aromatic rings. The third-order valence-electron chi connectivity index (χ3n) is 3.11. The SMILES string of the molecule is C=C(C(CCN)c1ccc(Br)cc1)C(C)(C)C. The van der Waals surface area contributed by atoms with Crippen LogP contribution in [0, 0.1) is 5.41 Å². The zero-order chi connectivity index (χ0) is 13.1. The van der Waals surface area contributed by atoms with E-state index in [0.717, 1.165) is 10.9 Å². The number of hydrogen-bond donors (Lipinski definition) is 1. The summed E-state index contributed by atoms with van der Waals surface area (Å²) < 4.78 is 1.11. The van der Waals surface area contributed by atoms with Crippen LogP contribution in [0.25, 0.3) is 0 Å². The number of nitrogens with two attached hydrogens (primary N) is 1. The van der Waals surface area contributed by atoms with Gasteiger partial charge in [0.25, 0.3) is 0 Å². The number of halogens is 1. The van der Waals surface area contributed by atoms with E-state index >= 15 is 0 Å². The van der Waals surface area contributed by atoms with Gasteiger partial charge in [-0.25, -0.2) is 0 Å². The second-order valence-electron chi connectivity index (χ2n) is 5.46. The van der Waals surface area contributed by atoms with Crippen LogP contribution in [-0.4, -0.2) is 6.54 Å². The highest BCUT2D eigenvalue weighted by Gasteiger charge is 2.24. The van der Waals surface area contributed by atoms with Gasteiger partial charge in [0.2, 0.25) is 0 Å². The molecule has 1 unspecified atom stereocenters. The Kier molecular flexibility index (Phi) is 4.96. The fraction of sp³-hybridized carbons (Fsp3) is 0.467. The van der Waals surface area contributed by atoms with Crippen molar-refractivity contribution < 1.29 is 0 Å². The lowest BCUT2D eigenvalue weighted by molar-refractivity contribution is 0.456. The molecule has 0 saturated carbocycles. The predicted molar refractivity (Wildman–Crippen MR) is 79.1 cm³/mol. The van der Waals surface area contributed by atoms with Gasteiger partial charge in [-0.2, -0.15) is 0 Å². The molecule has 2 heteroatoms. The van der Waals surface area contributed by atoms with Gasteiger partial charge >= 0.3 is 0 Å². The lowest BCUT2D eigenvalue weighted by atomic mass is 9.75. The summed E-state index contributed by atoms with van der Waals surface area (Å²) in [7, 11) is 0. The van der Waals surface area contributed by atoms with Crippen LogP contribution in [0.1, 0.15) is 38.7 Å².